The van der Waals surface area contributed by atoms with E-state index in [1.54, 1.807) is 0 Å². The van der Waals surface area contributed by atoms with E-state index in [0.29, 0.717) is 6.54 Å². The number of hydrogen-bond acceptors (Lipinski definition) is 1. The van der Waals surface area contributed by atoms with Gasteiger partial charge in [-0.15, -0.1) is 0 Å². The second-order valence-electron chi connectivity index (χ2n) is 4.42. The molecule has 0 N–H and O–H groups in total. The molecule has 2 nitrogen and oxygen atoms in total. The highest BCUT2D eigenvalue weighted by Gasteiger charge is 2.05. The zero-order valence-electron chi connectivity index (χ0n) is 10.2. The monoisotopic (exact) mass is 310 g/mol. The van der Waals surface area contributed by atoms with Crippen molar-refractivity contribution >= 4 is 26.8 Å². The van der Waals surface area contributed by atoms with Gasteiger partial charge in [0.05, 0.1) is 11.6 Å². The van der Waals surface area contributed by atoms with Gasteiger partial charge in [0.2, 0.25) is 0 Å². The van der Waals surface area contributed by atoms with Crippen LogP contribution in [0.3, 0.4) is 0 Å². The fourth-order valence-electron chi connectivity index (χ4n) is 2.25. The number of nitrogens with zero attached hydrogens (tertiary/aromatic N) is 2. The van der Waals surface area contributed by atoms with E-state index in [2.05, 4.69) is 51.0 Å². The Balaban J connectivity index is 2.06. The van der Waals surface area contributed by atoms with Crippen LogP contribution < -0.4 is 0 Å². The van der Waals surface area contributed by atoms with Crippen LogP contribution >= 0.6 is 15.9 Å². The molecule has 3 aromatic rings. The van der Waals surface area contributed by atoms with Crippen LogP contribution in [-0.4, -0.2) is 4.57 Å². The first-order valence-corrected chi connectivity index (χ1v) is 6.79. The Kier molecular flexibility index (Phi) is 3.10. The van der Waals surface area contributed by atoms with Crippen LogP contribution in [0.4, 0.5) is 0 Å². The maximum absolute atomic E-state index is 9.14. The number of hydrogen-bond donors (Lipinski definition) is 0. The van der Waals surface area contributed by atoms with Gasteiger partial charge < -0.3 is 4.57 Å². The van der Waals surface area contributed by atoms with Crippen molar-refractivity contribution in [1.82, 2.24) is 4.57 Å². The van der Waals surface area contributed by atoms with E-state index in [1.165, 1.54) is 10.9 Å². The normalized spacial score (nSPS) is 10.5. The minimum Gasteiger partial charge on any atom is -0.343 e. The molecule has 19 heavy (non-hydrogen) atoms. The van der Waals surface area contributed by atoms with Gasteiger partial charge in [-0.25, -0.2) is 0 Å². The first-order chi connectivity index (χ1) is 9.28. The molecule has 0 fully saturated rings. The Labute approximate surface area is 120 Å². The molecule has 1 heterocycles. The Morgan fingerprint density at radius 1 is 1.11 bits per heavy atom. The van der Waals surface area contributed by atoms with Crippen molar-refractivity contribution in [2.75, 3.05) is 0 Å². The van der Waals surface area contributed by atoms with Gasteiger partial charge in [-0.05, 0) is 35.2 Å². The van der Waals surface area contributed by atoms with Crippen LogP contribution in [0.5, 0.6) is 0 Å². The number of aromatic nitrogens is 1. The first kappa shape index (κ1) is 12.0. The third kappa shape index (κ3) is 2.27. The van der Waals surface area contributed by atoms with Crippen LogP contribution in [-0.2, 0) is 6.54 Å². The summed E-state index contributed by atoms with van der Waals surface area (Å²) >= 11 is 3.50. The van der Waals surface area contributed by atoms with Gasteiger partial charge >= 0.3 is 0 Å². The summed E-state index contributed by atoms with van der Waals surface area (Å²) in [4.78, 5) is 0. The summed E-state index contributed by atoms with van der Waals surface area (Å²) in [6.45, 7) is 0.712. The molecule has 3 rings (SSSR count). The number of halogens is 1. The zero-order valence-corrected chi connectivity index (χ0v) is 11.8. The van der Waals surface area contributed by atoms with E-state index in [0.717, 1.165) is 15.6 Å². The second-order valence-corrected chi connectivity index (χ2v) is 5.33. The molecule has 0 aliphatic carbocycles. The molecule has 2 aromatic carbocycles. The minimum atomic E-state index is 0.712. The minimum absolute atomic E-state index is 0.712. The lowest BCUT2D eigenvalue weighted by molar-refractivity contribution is 0.834. The predicted molar refractivity (Wildman–Crippen MR) is 79.9 cm³/mol. The van der Waals surface area contributed by atoms with Crippen LogP contribution in [0.15, 0.2) is 59.2 Å². The lowest BCUT2D eigenvalue weighted by Gasteiger charge is -2.07. The van der Waals surface area contributed by atoms with Gasteiger partial charge in [0.25, 0.3) is 0 Å². The number of fused-ring (bicyclic) bond motifs is 1. The fourth-order valence-corrected chi connectivity index (χ4v) is 2.59. The van der Waals surface area contributed by atoms with Gasteiger partial charge in [0, 0.05) is 22.7 Å². The average molecular weight is 311 g/mol. The molecule has 0 atom stereocenters. The van der Waals surface area contributed by atoms with Gasteiger partial charge in [-0.1, -0.05) is 40.2 Å². The summed E-state index contributed by atoms with van der Waals surface area (Å²) in [7, 11) is 0. The summed E-state index contributed by atoms with van der Waals surface area (Å²) < 4.78 is 3.23. The lowest BCUT2D eigenvalue weighted by Crippen LogP contribution is -2.00. The molecule has 0 aliphatic heterocycles. The van der Waals surface area contributed by atoms with E-state index in [-0.39, 0.29) is 0 Å². The van der Waals surface area contributed by atoms with Crippen molar-refractivity contribution in [3.05, 3.63) is 70.3 Å². The maximum Gasteiger partial charge on any atom is 0.0995 e. The summed E-state index contributed by atoms with van der Waals surface area (Å²) in [6, 6.07) is 18.3. The summed E-state index contributed by atoms with van der Waals surface area (Å²) in [5.41, 5.74) is 2.95. The average Bonchev–Trinajstić information content (AvgIpc) is 2.82. The molecule has 0 amide bonds. The number of nitriles is 1. The van der Waals surface area contributed by atoms with Crippen molar-refractivity contribution in [3.8, 4) is 6.07 Å². The molecule has 1 aromatic heterocycles. The highest BCUT2D eigenvalue weighted by atomic mass is 79.9. The van der Waals surface area contributed by atoms with Crippen molar-refractivity contribution < 1.29 is 0 Å². The van der Waals surface area contributed by atoms with E-state index in [4.69, 9.17) is 5.26 Å². The second kappa shape index (κ2) is 4.91. The first-order valence-electron chi connectivity index (χ1n) is 6.00. The summed E-state index contributed by atoms with van der Waals surface area (Å²) in [5.74, 6) is 0. The van der Waals surface area contributed by atoms with Gasteiger partial charge in [-0.3, -0.25) is 0 Å². The highest BCUT2D eigenvalue weighted by Crippen LogP contribution is 2.22. The van der Waals surface area contributed by atoms with Crippen LogP contribution in [0, 0.1) is 11.3 Å². The van der Waals surface area contributed by atoms with E-state index >= 15 is 0 Å². The Morgan fingerprint density at radius 3 is 2.79 bits per heavy atom. The zero-order chi connectivity index (χ0) is 13.2. The molecule has 0 saturated carbocycles. The van der Waals surface area contributed by atoms with Crippen LogP contribution in [0.2, 0.25) is 0 Å². The van der Waals surface area contributed by atoms with Crippen molar-refractivity contribution in [2.45, 2.75) is 6.54 Å². The van der Waals surface area contributed by atoms with E-state index < -0.39 is 0 Å². The SMILES string of the molecule is N#Cc1ccccc1Cn1ccc2ccc(Br)cc21. The molecular formula is C16H11BrN2. The molecular weight excluding hydrogens is 300 g/mol. The smallest absolute Gasteiger partial charge is 0.0995 e. The standard InChI is InChI=1S/C16H11BrN2/c17-15-6-5-12-7-8-19(16(12)9-15)11-14-4-2-1-3-13(14)10-18/h1-9H,11H2. The van der Waals surface area contributed by atoms with Gasteiger partial charge in [0.1, 0.15) is 0 Å². The van der Waals surface area contributed by atoms with E-state index in [1.807, 2.05) is 30.3 Å². The Morgan fingerprint density at radius 2 is 1.95 bits per heavy atom. The molecule has 0 saturated heterocycles. The van der Waals surface area contributed by atoms with E-state index in [9.17, 15) is 0 Å². The molecule has 0 spiro atoms. The fraction of sp³-hybridized carbons (Fsp3) is 0.0625. The van der Waals surface area contributed by atoms with Crippen molar-refractivity contribution in [1.29, 1.82) is 5.26 Å². The van der Waals surface area contributed by atoms with Crippen LogP contribution in [0.1, 0.15) is 11.1 Å². The lowest BCUT2D eigenvalue weighted by atomic mass is 10.1. The Hall–Kier alpha value is -2.05. The quantitative estimate of drug-likeness (QED) is 0.693. The van der Waals surface area contributed by atoms with Gasteiger partial charge in [-0.2, -0.15) is 5.26 Å². The maximum atomic E-state index is 9.14. The Bertz CT molecular complexity index is 781. The largest absolute Gasteiger partial charge is 0.343 e. The number of benzene rings is 2. The third-order valence-electron chi connectivity index (χ3n) is 3.21. The molecule has 3 heteroatoms. The molecule has 0 unspecified atom stereocenters. The van der Waals surface area contributed by atoms with Crippen LogP contribution in [0.25, 0.3) is 10.9 Å². The highest BCUT2D eigenvalue weighted by molar-refractivity contribution is 9.10. The summed E-state index contributed by atoms with van der Waals surface area (Å²) in [5, 5.41) is 10.3. The molecule has 92 valence electrons. The molecule has 0 bridgehead atoms. The third-order valence-corrected chi connectivity index (χ3v) is 3.71. The van der Waals surface area contributed by atoms with Crippen molar-refractivity contribution in [3.63, 3.8) is 0 Å². The predicted octanol–water partition coefficient (Wildman–Crippen LogP) is 4.32. The topological polar surface area (TPSA) is 28.7 Å². The van der Waals surface area contributed by atoms with Crippen molar-refractivity contribution in [2.24, 2.45) is 0 Å². The molecule has 0 aliphatic rings. The van der Waals surface area contributed by atoms with Gasteiger partial charge in [0.15, 0.2) is 0 Å². The molecule has 0 radical (unpaired) electrons. The summed E-state index contributed by atoms with van der Waals surface area (Å²) in [6.07, 6.45) is 2.06. The number of rotatable bonds is 2.